The third kappa shape index (κ3) is 1.92. The average Bonchev–Trinajstić information content (AvgIpc) is 2.73. The van der Waals surface area contributed by atoms with E-state index in [0.717, 1.165) is 0 Å². The summed E-state index contributed by atoms with van der Waals surface area (Å²) in [5.41, 5.74) is 0. The van der Waals surface area contributed by atoms with Crippen LogP contribution in [-0.2, 0) is 0 Å². The lowest BCUT2D eigenvalue weighted by atomic mass is 10.1. The highest BCUT2D eigenvalue weighted by atomic mass is 32.1. The second-order valence-corrected chi connectivity index (χ2v) is 13.9. The summed E-state index contributed by atoms with van der Waals surface area (Å²) in [6.07, 6.45) is 0. The van der Waals surface area contributed by atoms with Gasteiger partial charge in [-0.3, -0.25) is 0 Å². The van der Waals surface area contributed by atoms with Crippen molar-refractivity contribution in [1.29, 1.82) is 0 Å². The second kappa shape index (κ2) is 5.26. The number of hydrogen-bond donors (Lipinski definition) is 0. The van der Waals surface area contributed by atoms with Crippen LogP contribution < -0.4 is 10.6 Å². The lowest BCUT2D eigenvalue weighted by Gasteiger charge is -2.39. The summed E-state index contributed by atoms with van der Waals surface area (Å²) < 4.78 is 7.44. The topological polar surface area (TPSA) is 9.72 Å². The van der Waals surface area contributed by atoms with Crippen LogP contribution in [0.25, 0.3) is 10.8 Å². The normalized spacial score (nSPS) is 20.1. The van der Waals surface area contributed by atoms with E-state index >= 15 is 0 Å². The van der Waals surface area contributed by atoms with Crippen LogP contribution in [0.5, 0.6) is 0 Å². The highest BCUT2D eigenvalue weighted by molar-refractivity contribution is 8.42. The Kier molecular flexibility index (Phi) is 3.84. The van der Waals surface area contributed by atoms with E-state index in [9.17, 15) is 0 Å². The van der Waals surface area contributed by atoms with Crippen molar-refractivity contribution >= 4 is 36.4 Å². The molecule has 112 valence electrons. The van der Waals surface area contributed by atoms with E-state index in [1.54, 1.807) is 10.6 Å². The van der Waals surface area contributed by atoms with Gasteiger partial charge in [0.25, 0.3) is 0 Å². The third-order valence-electron chi connectivity index (χ3n) is 4.16. The van der Waals surface area contributed by atoms with Gasteiger partial charge in [-0.25, -0.2) is 4.67 Å². The van der Waals surface area contributed by atoms with Gasteiger partial charge in [0.2, 0.25) is 15.0 Å². The zero-order valence-electron chi connectivity index (χ0n) is 13.7. The molecule has 0 fully saturated rings. The van der Waals surface area contributed by atoms with Gasteiger partial charge in [-0.15, -0.1) is 0 Å². The molecule has 3 rings (SSSR count). The molecule has 5 heteroatoms. The zero-order valence-corrected chi connectivity index (χ0v) is 15.5. The molecule has 2 aromatic carbocycles. The Morgan fingerprint density at radius 2 is 1.38 bits per heavy atom. The Hall–Kier alpha value is -0.560. The Balaban J connectivity index is 2.44. The molecule has 0 aliphatic carbocycles. The largest absolute Gasteiger partial charge is 0.250 e. The first-order valence-corrected chi connectivity index (χ1v) is 10.9. The molecule has 0 bridgehead atoms. The van der Waals surface area contributed by atoms with Crippen molar-refractivity contribution in [2.24, 2.45) is 0 Å². The fraction of sp³-hybridized carbons (Fsp3) is 0.375. The van der Waals surface area contributed by atoms with Gasteiger partial charge >= 0.3 is 0 Å². The zero-order chi connectivity index (χ0) is 15.4. The monoisotopic (exact) mass is 320 g/mol. The minimum absolute atomic E-state index is 0.380. The van der Waals surface area contributed by atoms with Crippen molar-refractivity contribution in [1.82, 2.24) is 14.0 Å². The van der Waals surface area contributed by atoms with Crippen molar-refractivity contribution in [2.75, 3.05) is 42.3 Å². The van der Waals surface area contributed by atoms with E-state index < -0.39 is 7.25 Å². The van der Waals surface area contributed by atoms with Gasteiger partial charge in [-0.05, 0) is 31.6 Å². The van der Waals surface area contributed by atoms with E-state index in [-0.39, 0.29) is 7.76 Å². The maximum Gasteiger partial charge on any atom is 0.223 e. The second-order valence-electron chi connectivity index (χ2n) is 6.05. The van der Waals surface area contributed by atoms with E-state index in [4.69, 9.17) is 0 Å². The van der Waals surface area contributed by atoms with Gasteiger partial charge in [-0.2, -0.15) is 9.34 Å². The number of hydrogen-bond acceptors (Lipinski definition) is 3. The molecule has 2 aromatic rings. The molecule has 0 spiro atoms. The summed E-state index contributed by atoms with van der Waals surface area (Å²) in [4.78, 5) is 0. The molecule has 0 N–H and O–H groups in total. The highest BCUT2D eigenvalue weighted by Crippen LogP contribution is 2.87. The van der Waals surface area contributed by atoms with Crippen molar-refractivity contribution < 1.29 is 0 Å². The highest BCUT2D eigenvalue weighted by Gasteiger charge is 2.62. The predicted octanol–water partition coefficient (Wildman–Crippen LogP) is 2.95. The molecule has 21 heavy (non-hydrogen) atoms. The van der Waals surface area contributed by atoms with Gasteiger partial charge in [0.15, 0.2) is 0 Å². The first-order valence-electron chi connectivity index (χ1n) is 7.17. The third-order valence-corrected chi connectivity index (χ3v) is 15.6. The number of nitrogens with zero attached hydrogens (tertiary/aromatic N) is 3. The van der Waals surface area contributed by atoms with Crippen molar-refractivity contribution in [3.63, 3.8) is 0 Å². The Morgan fingerprint density at radius 1 is 0.810 bits per heavy atom. The van der Waals surface area contributed by atoms with Gasteiger partial charge in [-0.1, -0.05) is 24.3 Å². The maximum absolute atomic E-state index is 2.49. The molecule has 3 nitrogen and oxygen atoms in total. The molecule has 0 radical (unpaired) electrons. The van der Waals surface area contributed by atoms with Crippen molar-refractivity contribution in [3.05, 3.63) is 36.4 Å². The molecule has 1 unspecified atom stereocenters. The fourth-order valence-electron chi connectivity index (χ4n) is 3.56. The standard InChI is InChI=1S/C16H24N3P2/c1-17(2)20-14-11-7-9-13-10-8-12-15(16(13)14)21(20,18(3)4)19(5)6/h7-12H,1-6H3/q+1. The molecular formula is C16H24N3P2+. The van der Waals surface area contributed by atoms with Crippen LogP contribution >= 0.6 is 15.0 Å². The van der Waals surface area contributed by atoms with E-state index in [2.05, 4.69) is 92.7 Å². The summed E-state index contributed by atoms with van der Waals surface area (Å²) in [7, 11) is 11.5. The number of benzene rings is 2. The minimum atomic E-state index is -1.56. The smallest absolute Gasteiger partial charge is 0.223 e. The number of rotatable bonds is 3. The van der Waals surface area contributed by atoms with Crippen LogP contribution in [0, 0.1) is 0 Å². The molecule has 0 aromatic heterocycles. The molecule has 1 atom stereocenters. The quantitative estimate of drug-likeness (QED) is 0.805. The van der Waals surface area contributed by atoms with E-state index in [0.29, 0.717) is 0 Å². The van der Waals surface area contributed by atoms with Crippen LogP contribution in [-0.4, -0.2) is 56.3 Å². The summed E-state index contributed by atoms with van der Waals surface area (Å²) in [5, 5.41) is 5.96. The molecule has 0 saturated heterocycles. The van der Waals surface area contributed by atoms with Crippen molar-refractivity contribution in [3.8, 4) is 0 Å². The predicted molar refractivity (Wildman–Crippen MR) is 98.1 cm³/mol. The summed E-state index contributed by atoms with van der Waals surface area (Å²) in [6, 6.07) is 13.6. The molecule has 1 heterocycles. The average molecular weight is 320 g/mol. The van der Waals surface area contributed by atoms with Crippen LogP contribution in [0.4, 0.5) is 0 Å². The molecule has 1 aliphatic heterocycles. The van der Waals surface area contributed by atoms with Gasteiger partial charge in [0.05, 0.1) is 0 Å². The van der Waals surface area contributed by atoms with Crippen LogP contribution in [0.15, 0.2) is 36.4 Å². The lowest BCUT2D eigenvalue weighted by molar-refractivity contribution is 0.573. The Labute approximate surface area is 129 Å². The van der Waals surface area contributed by atoms with Crippen LogP contribution in [0.1, 0.15) is 0 Å². The molecular weight excluding hydrogens is 296 g/mol. The van der Waals surface area contributed by atoms with Crippen LogP contribution in [0.2, 0.25) is 0 Å². The van der Waals surface area contributed by atoms with Gasteiger partial charge in [0, 0.05) is 38.9 Å². The van der Waals surface area contributed by atoms with Gasteiger partial charge in [0.1, 0.15) is 5.30 Å². The first-order chi connectivity index (χ1) is 9.92. The molecule has 1 aliphatic rings. The molecule has 0 amide bonds. The summed E-state index contributed by atoms with van der Waals surface area (Å²) >= 11 is 0. The van der Waals surface area contributed by atoms with E-state index in [1.807, 2.05) is 0 Å². The fourth-order valence-corrected chi connectivity index (χ4v) is 14.9. The summed E-state index contributed by atoms with van der Waals surface area (Å²) in [5.74, 6) is 0. The summed E-state index contributed by atoms with van der Waals surface area (Å²) in [6.45, 7) is 0. The first kappa shape index (κ1) is 15.3. The Morgan fingerprint density at radius 3 is 1.90 bits per heavy atom. The van der Waals surface area contributed by atoms with Crippen molar-refractivity contribution in [2.45, 2.75) is 0 Å². The Bertz CT molecular complexity index is 669. The van der Waals surface area contributed by atoms with E-state index in [1.165, 1.54) is 10.8 Å². The molecule has 0 saturated carbocycles. The maximum atomic E-state index is 2.49. The lowest BCUT2D eigenvalue weighted by Crippen LogP contribution is -2.33. The minimum Gasteiger partial charge on any atom is -0.250 e. The van der Waals surface area contributed by atoms with Crippen LogP contribution in [0.3, 0.4) is 0 Å². The SMILES string of the molecule is CN(C)P1c2cccc3cccc(c23)[P+]1(N(C)C)N(C)C. The van der Waals surface area contributed by atoms with Gasteiger partial charge < -0.3 is 0 Å².